The van der Waals surface area contributed by atoms with Crippen LogP contribution in [0.1, 0.15) is 18.1 Å². The van der Waals surface area contributed by atoms with Crippen LogP contribution in [0.25, 0.3) is 5.57 Å². The van der Waals surface area contributed by atoms with Crippen LogP contribution in [-0.4, -0.2) is 20.0 Å². The molecule has 0 bridgehead atoms. The van der Waals surface area contributed by atoms with Crippen LogP contribution < -0.4 is 9.47 Å². The molecule has 136 valence electrons. The van der Waals surface area contributed by atoms with E-state index in [1.807, 2.05) is 24.3 Å². The quantitative estimate of drug-likeness (QED) is 0.267. The molecule has 0 atom stereocenters. The first kappa shape index (κ1) is 19.6. The molecular weight excluding hydrogens is 352 g/mol. The fourth-order valence-electron chi connectivity index (χ4n) is 2.34. The zero-order chi connectivity index (χ0) is 18.9. The highest BCUT2D eigenvalue weighted by molar-refractivity contribution is 6.30. The Hall–Kier alpha value is -2.72. The van der Waals surface area contributed by atoms with Gasteiger partial charge in [0.15, 0.2) is 6.29 Å². The maximum atomic E-state index is 11.5. The smallest absolute Gasteiger partial charge is 0.154 e. The molecule has 2 rings (SSSR count). The van der Waals surface area contributed by atoms with E-state index in [1.165, 1.54) is 7.11 Å². The third kappa shape index (κ3) is 5.14. The number of rotatable bonds is 9. The number of allylic oxidation sites excluding steroid dienone is 2. The molecule has 0 radical (unpaired) electrons. The number of halogens is 1. The van der Waals surface area contributed by atoms with E-state index in [9.17, 15) is 4.79 Å². The second-order valence-corrected chi connectivity index (χ2v) is 5.89. The molecular formula is C21H21ClO4. The molecule has 0 aromatic heterocycles. The number of aldehydes is 1. The lowest BCUT2D eigenvalue weighted by Gasteiger charge is -2.13. The van der Waals surface area contributed by atoms with E-state index in [1.54, 1.807) is 31.2 Å². The van der Waals surface area contributed by atoms with Gasteiger partial charge in [-0.05, 0) is 54.4 Å². The maximum Gasteiger partial charge on any atom is 0.154 e. The molecule has 0 aliphatic rings. The second-order valence-electron chi connectivity index (χ2n) is 5.45. The van der Waals surface area contributed by atoms with Crippen LogP contribution in [0.4, 0.5) is 0 Å². The molecule has 4 nitrogen and oxygen atoms in total. The van der Waals surface area contributed by atoms with E-state index in [-0.39, 0.29) is 6.61 Å². The molecule has 0 saturated heterocycles. The van der Waals surface area contributed by atoms with Gasteiger partial charge < -0.3 is 14.2 Å². The monoisotopic (exact) mass is 372 g/mol. The van der Waals surface area contributed by atoms with Crippen LogP contribution in [0, 0.1) is 0 Å². The van der Waals surface area contributed by atoms with Crippen molar-refractivity contribution in [3.63, 3.8) is 0 Å². The number of hydrogen-bond acceptors (Lipinski definition) is 4. The molecule has 0 spiro atoms. The van der Waals surface area contributed by atoms with Gasteiger partial charge in [-0.25, -0.2) is 0 Å². The Labute approximate surface area is 158 Å². The van der Waals surface area contributed by atoms with E-state index >= 15 is 0 Å². The summed E-state index contributed by atoms with van der Waals surface area (Å²) < 4.78 is 16.5. The summed E-state index contributed by atoms with van der Waals surface area (Å²) in [6.07, 6.45) is 2.46. The predicted octanol–water partition coefficient (Wildman–Crippen LogP) is 5.06. The highest BCUT2D eigenvalue weighted by atomic mass is 35.5. The lowest BCUT2D eigenvalue weighted by molar-refractivity contribution is -0.103. The van der Waals surface area contributed by atoms with Gasteiger partial charge in [0.1, 0.15) is 30.5 Å². The zero-order valence-corrected chi connectivity index (χ0v) is 15.6. The van der Waals surface area contributed by atoms with Crippen molar-refractivity contribution in [3.8, 4) is 11.5 Å². The molecule has 0 heterocycles. The summed E-state index contributed by atoms with van der Waals surface area (Å²) in [6, 6.07) is 12.6. The molecule has 5 heteroatoms. The van der Waals surface area contributed by atoms with Gasteiger partial charge in [-0.15, -0.1) is 0 Å². The van der Waals surface area contributed by atoms with Crippen molar-refractivity contribution in [3.05, 3.63) is 77.0 Å². The fraction of sp³-hybridized carbons (Fsp3) is 0.190. The average molecular weight is 373 g/mol. The van der Waals surface area contributed by atoms with Crippen LogP contribution in [0.2, 0.25) is 5.02 Å². The van der Waals surface area contributed by atoms with Gasteiger partial charge in [0.25, 0.3) is 0 Å². The summed E-state index contributed by atoms with van der Waals surface area (Å²) in [6.45, 7) is 6.07. The largest absolute Gasteiger partial charge is 0.501 e. The number of carbonyl (C=O) groups is 1. The van der Waals surface area contributed by atoms with Gasteiger partial charge >= 0.3 is 0 Å². The first-order valence-electron chi connectivity index (χ1n) is 8.04. The minimum Gasteiger partial charge on any atom is -0.501 e. The van der Waals surface area contributed by atoms with Gasteiger partial charge in [-0.2, -0.15) is 0 Å². The highest BCUT2D eigenvalue weighted by Crippen LogP contribution is 2.26. The predicted molar refractivity (Wildman–Crippen MR) is 104 cm³/mol. The summed E-state index contributed by atoms with van der Waals surface area (Å²) in [5.41, 5.74) is 1.99. The molecule has 26 heavy (non-hydrogen) atoms. The van der Waals surface area contributed by atoms with Crippen molar-refractivity contribution < 1.29 is 19.0 Å². The van der Waals surface area contributed by atoms with Gasteiger partial charge in [0, 0.05) is 5.02 Å². The highest BCUT2D eigenvalue weighted by Gasteiger charge is 2.12. The summed E-state index contributed by atoms with van der Waals surface area (Å²) in [5, 5.41) is 0.570. The van der Waals surface area contributed by atoms with Crippen molar-refractivity contribution in [2.24, 2.45) is 0 Å². The Morgan fingerprint density at radius 3 is 2.35 bits per heavy atom. The Morgan fingerprint density at radius 2 is 1.77 bits per heavy atom. The van der Waals surface area contributed by atoms with Crippen molar-refractivity contribution >= 4 is 23.5 Å². The van der Waals surface area contributed by atoms with Crippen LogP contribution in [0.5, 0.6) is 11.5 Å². The molecule has 0 unspecified atom stereocenters. The van der Waals surface area contributed by atoms with Gasteiger partial charge in [-0.3, -0.25) is 4.79 Å². The maximum absolute atomic E-state index is 11.5. The van der Waals surface area contributed by atoms with Crippen LogP contribution in [-0.2, 0) is 16.1 Å². The number of benzene rings is 2. The Balaban J connectivity index is 2.20. The second kappa shape index (κ2) is 9.68. The van der Waals surface area contributed by atoms with Crippen LogP contribution in [0.3, 0.4) is 0 Å². The Kier molecular flexibility index (Phi) is 7.30. The van der Waals surface area contributed by atoms with Crippen LogP contribution >= 0.6 is 11.6 Å². The normalized spacial score (nSPS) is 11.3. The summed E-state index contributed by atoms with van der Waals surface area (Å²) in [4.78, 5) is 11.5. The fourth-order valence-corrected chi connectivity index (χ4v) is 2.53. The number of ether oxygens (including phenoxy) is 3. The van der Waals surface area contributed by atoms with E-state index in [2.05, 4.69) is 6.58 Å². The van der Waals surface area contributed by atoms with Gasteiger partial charge in [-0.1, -0.05) is 30.3 Å². The first-order valence-corrected chi connectivity index (χ1v) is 8.42. The zero-order valence-electron chi connectivity index (χ0n) is 14.8. The minimum atomic E-state index is 0.261. The summed E-state index contributed by atoms with van der Waals surface area (Å²) >= 11 is 6.11. The molecule has 0 aliphatic heterocycles. The minimum absolute atomic E-state index is 0.261. The van der Waals surface area contributed by atoms with Crippen molar-refractivity contribution in [1.29, 1.82) is 0 Å². The topological polar surface area (TPSA) is 44.8 Å². The molecule has 0 aliphatic carbocycles. The van der Waals surface area contributed by atoms with Crippen molar-refractivity contribution in [2.75, 3.05) is 13.7 Å². The number of methoxy groups -OCH3 is 1. The average Bonchev–Trinajstić information content (AvgIpc) is 2.67. The summed E-state index contributed by atoms with van der Waals surface area (Å²) in [7, 11) is 1.53. The van der Waals surface area contributed by atoms with Gasteiger partial charge in [0.05, 0.1) is 12.7 Å². The Morgan fingerprint density at radius 1 is 1.12 bits per heavy atom. The first-order chi connectivity index (χ1) is 12.6. The molecule has 0 amide bonds. The number of carbonyl (C=O) groups excluding carboxylic acids is 1. The SMILES string of the molecule is C=CCOc1ccc(OCc2cc(Cl)ccc2/C(C=O)=C(/C)OC)cc1. The van der Waals surface area contributed by atoms with Crippen molar-refractivity contribution in [2.45, 2.75) is 13.5 Å². The van der Waals surface area contributed by atoms with E-state index in [4.69, 9.17) is 25.8 Å². The molecule has 0 N–H and O–H groups in total. The molecule has 0 fully saturated rings. The standard InChI is InChI=1S/C21H21ClO4/c1-4-11-25-18-6-8-19(9-7-18)26-14-16-12-17(22)5-10-20(16)21(13-23)15(2)24-3/h4-10,12-13H,1,11,14H2,2-3H3/b21-15-. The molecule has 0 saturated carbocycles. The lowest BCUT2D eigenvalue weighted by atomic mass is 10.00. The van der Waals surface area contributed by atoms with Gasteiger partial charge in [0.2, 0.25) is 0 Å². The van der Waals surface area contributed by atoms with E-state index < -0.39 is 0 Å². The third-order valence-corrected chi connectivity index (χ3v) is 3.98. The van der Waals surface area contributed by atoms with Crippen molar-refractivity contribution in [1.82, 2.24) is 0 Å². The van der Waals surface area contributed by atoms with E-state index in [0.29, 0.717) is 28.7 Å². The Bertz CT molecular complexity index is 794. The van der Waals surface area contributed by atoms with Crippen LogP contribution in [0.15, 0.2) is 60.9 Å². The third-order valence-electron chi connectivity index (χ3n) is 3.75. The number of hydrogen-bond donors (Lipinski definition) is 0. The molecule has 2 aromatic carbocycles. The molecule has 2 aromatic rings. The summed E-state index contributed by atoms with van der Waals surface area (Å²) in [5.74, 6) is 1.96. The lowest BCUT2D eigenvalue weighted by Crippen LogP contribution is -2.03. The van der Waals surface area contributed by atoms with E-state index in [0.717, 1.165) is 23.2 Å².